The Labute approximate surface area is 178 Å². The molecule has 0 bridgehead atoms. The van der Waals surface area contributed by atoms with Crippen LogP contribution >= 0.6 is 0 Å². The first-order valence-corrected chi connectivity index (χ1v) is 10.6. The second-order valence-electron chi connectivity index (χ2n) is 7.82. The minimum Gasteiger partial charge on any atom is -0.381 e. The van der Waals surface area contributed by atoms with Gasteiger partial charge in [0.15, 0.2) is 0 Å². The van der Waals surface area contributed by atoms with Gasteiger partial charge in [0.2, 0.25) is 0 Å². The minimum atomic E-state index is -0.196. The van der Waals surface area contributed by atoms with E-state index in [-0.39, 0.29) is 12.0 Å². The van der Waals surface area contributed by atoms with Gasteiger partial charge in [0.05, 0.1) is 25.9 Å². The molecule has 1 amide bonds. The molecular formula is C23H32N4O3. The fraction of sp³-hybridized carbons (Fsp3) is 0.522. The number of rotatable bonds is 6. The molecule has 1 aromatic heterocycles. The van der Waals surface area contributed by atoms with Gasteiger partial charge in [-0.1, -0.05) is 18.6 Å². The van der Waals surface area contributed by atoms with E-state index in [2.05, 4.69) is 28.9 Å². The summed E-state index contributed by atoms with van der Waals surface area (Å²) in [5, 5.41) is 2.90. The normalized spacial score (nSPS) is 19.5. The molecule has 1 fully saturated rings. The van der Waals surface area contributed by atoms with Crippen LogP contribution in [0, 0.1) is 0 Å². The van der Waals surface area contributed by atoms with Crippen molar-refractivity contribution in [2.75, 3.05) is 37.8 Å². The molecule has 1 atom stereocenters. The molecule has 7 nitrogen and oxygen atoms in total. The molecule has 0 aliphatic carbocycles. The Balaban J connectivity index is 1.95. The molecule has 0 aromatic carbocycles. The Hall–Kier alpha value is -2.51. The molecular weight excluding hydrogens is 380 g/mol. The smallest absolute Gasteiger partial charge is 0.257 e. The second kappa shape index (κ2) is 10.5. The number of aromatic nitrogens is 1. The topological polar surface area (TPSA) is 76.1 Å². The lowest BCUT2D eigenvalue weighted by Crippen LogP contribution is -2.43. The van der Waals surface area contributed by atoms with Gasteiger partial charge in [0.25, 0.3) is 5.91 Å². The standard InChI is InChI=1S/C23H32N4O3/c1-5-17-15-27(10-13-30-17)22-14-19(18-8-11-29-12-9-20(18)25-22)23(28)26-21(24-4)7-6-16(2)3/h6-7,14,17H,4-5,8-13,15H2,1-3H3,(H,26,28)/b21-7+/t17-/m1/s1. The Bertz CT molecular complexity index is 843. The summed E-state index contributed by atoms with van der Waals surface area (Å²) in [7, 11) is 0. The van der Waals surface area contributed by atoms with Crippen LogP contribution in [0.1, 0.15) is 48.8 Å². The highest BCUT2D eigenvalue weighted by atomic mass is 16.5. The summed E-state index contributed by atoms with van der Waals surface area (Å²) >= 11 is 0. The van der Waals surface area contributed by atoms with Crippen LogP contribution < -0.4 is 10.2 Å². The van der Waals surface area contributed by atoms with E-state index in [1.807, 2.05) is 26.0 Å². The van der Waals surface area contributed by atoms with Gasteiger partial charge in [0.1, 0.15) is 11.6 Å². The molecule has 7 heteroatoms. The molecule has 30 heavy (non-hydrogen) atoms. The lowest BCUT2D eigenvalue weighted by atomic mass is 10.0. The van der Waals surface area contributed by atoms with Crippen LogP contribution in [0.15, 0.2) is 34.6 Å². The number of aliphatic imine (C=N–C) groups is 1. The first kappa shape index (κ1) is 22.2. The minimum absolute atomic E-state index is 0.184. The van der Waals surface area contributed by atoms with Gasteiger partial charge >= 0.3 is 0 Å². The lowest BCUT2D eigenvalue weighted by Gasteiger charge is -2.34. The number of hydrogen-bond acceptors (Lipinski definition) is 6. The van der Waals surface area contributed by atoms with Crippen LogP contribution in [0.2, 0.25) is 0 Å². The highest BCUT2D eigenvalue weighted by molar-refractivity contribution is 5.97. The number of allylic oxidation sites excluding steroid dienone is 3. The average Bonchev–Trinajstić information content (AvgIpc) is 3.01. The molecule has 0 spiro atoms. The monoisotopic (exact) mass is 412 g/mol. The number of carbonyl (C=O) groups is 1. The number of nitrogens with zero attached hydrogens (tertiary/aromatic N) is 3. The zero-order chi connectivity index (χ0) is 21.5. The Morgan fingerprint density at radius 3 is 2.87 bits per heavy atom. The van der Waals surface area contributed by atoms with Crippen molar-refractivity contribution in [1.29, 1.82) is 0 Å². The van der Waals surface area contributed by atoms with Crippen LogP contribution in [-0.2, 0) is 22.3 Å². The van der Waals surface area contributed by atoms with Gasteiger partial charge in [-0.2, -0.15) is 0 Å². The van der Waals surface area contributed by atoms with Gasteiger partial charge in [-0.25, -0.2) is 9.98 Å². The van der Waals surface area contributed by atoms with Crippen molar-refractivity contribution in [3.8, 4) is 0 Å². The van der Waals surface area contributed by atoms with Crippen molar-refractivity contribution >= 4 is 18.4 Å². The molecule has 2 aliphatic heterocycles. The summed E-state index contributed by atoms with van der Waals surface area (Å²) in [6, 6.07) is 1.90. The van der Waals surface area contributed by atoms with Crippen LogP contribution in [0.3, 0.4) is 0 Å². The molecule has 2 aliphatic rings. The third-order valence-corrected chi connectivity index (χ3v) is 5.33. The number of anilines is 1. The highest BCUT2D eigenvalue weighted by Gasteiger charge is 2.25. The van der Waals surface area contributed by atoms with E-state index in [1.54, 1.807) is 6.08 Å². The molecule has 1 aromatic rings. The van der Waals surface area contributed by atoms with Crippen LogP contribution in [0.5, 0.6) is 0 Å². The van der Waals surface area contributed by atoms with Crippen LogP contribution in [0.4, 0.5) is 5.82 Å². The van der Waals surface area contributed by atoms with Crippen molar-refractivity contribution in [3.05, 3.63) is 46.4 Å². The van der Waals surface area contributed by atoms with Crippen molar-refractivity contribution in [2.24, 2.45) is 4.99 Å². The lowest BCUT2D eigenvalue weighted by molar-refractivity contribution is 0.0381. The fourth-order valence-corrected chi connectivity index (χ4v) is 3.64. The van der Waals surface area contributed by atoms with E-state index in [0.717, 1.165) is 42.2 Å². The van der Waals surface area contributed by atoms with E-state index in [0.29, 0.717) is 44.0 Å². The van der Waals surface area contributed by atoms with E-state index < -0.39 is 0 Å². The molecule has 0 saturated carbocycles. The molecule has 1 saturated heterocycles. The van der Waals surface area contributed by atoms with Crippen LogP contribution in [-0.4, -0.2) is 56.6 Å². The number of hydrogen-bond donors (Lipinski definition) is 1. The number of ether oxygens (including phenoxy) is 2. The molecule has 3 heterocycles. The van der Waals surface area contributed by atoms with Gasteiger partial charge in [-0.05, 0) is 51.1 Å². The number of amides is 1. The molecule has 3 rings (SSSR count). The van der Waals surface area contributed by atoms with Gasteiger partial charge in [-0.15, -0.1) is 0 Å². The molecule has 1 N–H and O–H groups in total. The summed E-state index contributed by atoms with van der Waals surface area (Å²) in [5.74, 6) is 1.05. The summed E-state index contributed by atoms with van der Waals surface area (Å²) in [5.41, 5.74) is 3.64. The Morgan fingerprint density at radius 1 is 1.33 bits per heavy atom. The molecule has 0 unspecified atom stereocenters. The van der Waals surface area contributed by atoms with E-state index >= 15 is 0 Å². The fourth-order valence-electron chi connectivity index (χ4n) is 3.64. The predicted molar refractivity (Wildman–Crippen MR) is 119 cm³/mol. The zero-order valence-electron chi connectivity index (χ0n) is 18.2. The largest absolute Gasteiger partial charge is 0.381 e. The SMILES string of the molecule is C=N/C(=C\C=C(C)C)NC(=O)c1cc(N2CCO[C@H](CC)C2)nc2c1CCOCC2. The summed E-state index contributed by atoms with van der Waals surface area (Å²) in [6.07, 6.45) is 6.16. The van der Waals surface area contributed by atoms with Crippen molar-refractivity contribution in [3.63, 3.8) is 0 Å². The van der Waals surface area contributed by atoms with E-state index in [9.17, 15) is 4.79 Å². The Kier molecular flexibility index (Phi) is 7.76. The molecule has 162 valence electrons. The quantitative estimate of drug-likeness (QED) is 0.574. The second-order valence-corrected chi connectivity index (χ2v) is 7.82. The van der Waals surface area contributed by atoms with Gasteiger partial charge in [-0.3, -0.25) is 4.79 Å². The highest BCUT2D eigenvalue weighted by Crippen LogP contribution is 2.25. The number of carbonyl (C=O) groups excluding carboxylic acids is 1. The number of morpholine rings is 1. The van der Waals surface area contributed by atoms with E-state index in [1.165, 1.54) is 0 Å². The first-order valence-electron chi connectivity index (χ1n) is 10.6. The number of pyridine rings is 1. The number of fused-ring (bicyclic) bond motifs is 1. The summed E-state index contributed by atoms with van der Waals surface area (Å²) in [6.45, 7) is 13.1. The van der Waals surface area contributed by atoms with Gasteiger partial charge in [0, 0.05) is 30.8 Å². The first-order chi connectivity index (χ1) is 14.5. The molecule has 0 radical (unpaired) electrons. The van der Waals surface area contributed by atoms with E-state index in [4.69, 9.17) is 14.5 Å². The predicted octanol–water partition coefficient (Wildman–Crippen LogP) is 3.05. The van der Waals surface area contributed by atoms with Crippen LogP contribution in [0.25, 0.3) is 0 Å². The maximum atomic E-state index is 13.2. The average molecular weight is 413 g/mol. The maximum Gasteiger partial charge on any atom is 0.257 e. The maximum absolute atomic E-state index is 13.2. The van der Waals surface area contributed by atoms with Crippen molar-refractivity contribution in [2.45, 2.75) is 46.1 Å². The van der Waals surface area contributed by atoms with Crippen molar-refractivity contribution in [1.82, 2.24) is 10.3 Å². The third-order valence-electron chi connectivity index (χ3n) is 5.33. The Morgan fingerprint density at radius 2 is 2.13 bits per heavy atom. The number of nitrogens with one attached hydrogen (secondary N) is 1. The zero-order valence-corrected chi connectivity index (χ0v) is 18.2. The third kappa shape index (κ3) is 5.55. The van der Waals surface area contributed by atoms with Crippen molar-refractivity contribution < 1.29 is 14.3 Å². The summed E-state index contributed by atoms with van der Waals surface area (Å²) < 4.78 is 11.4. The van der Waals surface area contributed by atoms with Gasteiger partial charge < -0.3 is 19.7 Å². The summed E-state index contributed by atoms with van der Waals surface area (Å²) in [4.78, 5) is 24.3.